The van der Waals surface area contributed by atoms with Gasteiger partial charge >= 0.3 is 5.97 Å². The Balaban J connectivity index is 2.72. The second kappa shape index (κ2) is 12.7. The van der Waals surface area contributed by atoms with Crippen LogP contribution in [0.15, 0.2) is 29.3 Å². The van der Waals surface area contributed by atoms with Crippen LogP contribution < -0.4 is 20.7 Å². The maximum absolute atomic E-state index is 12.1. The van der Waals surface area contributed by atoms with Gasteiger partial charge in [0.05, 0.1) is 12.7 Å². The maximum Gasteiger partial charge on any atom is 0.305 e. The summed E-state index contributed by atoms with van der Waals surface area (Å²) >= 11 is 0. The number of esters is 1. The fourth-order valence-corrected chi connectivity index (χ4v) is 2.45. The number of anilines is 1. The second-order valence-electron chi connectivity index (χ2n) is 8.11. The standard InChI is InChI=1S/C22H36N4O4/c1-7-29-20(28)9-8-14-23-21(24-15-19(27)26-22(4,5)6)25-17-10-12-18(13-11-17)30-16(2)3/h10-13,16H,7-9,14-15H2,1-6H3,(H,26,27)(H2,23,24,25). The summed E-state index contributed by atoms with van der Waals surface area (Å²) in [4.78, 5) is 27.9. The minimum Gasteiger partial charge on any atom is -0.491 e. The van der Waals surface area contributed by atoms with E-state index in [0.29, 0.717) is 32.0 Å². The molecule has 0 heterocycles. The molecule has 8 nitrogen and oxygen atoms in total. The molecule has 1 aromatic carbocycles. The maximum atomic E-state index is 12.1. The van der Waals surface area contributed by atoms with Gasteiger partial charge in [0.25, 0.3) is 0 Å². The van der Waals surface area contributed by atoms with Crippen LogP contribution >= 0.6 is 0 Å². The first-order valence-corrected chi connectivity index (χ1v) is 10.4. The van der Waals surface area contributed by atoms with Gasteiger partial charge in [-0.05, 0) is 72.2 Å². The van der Waals surface area contributed by atoms with E-state index in [0.717, 1.165) is 11.4 Å². The Morgan fingerprint density at radius 1 is 1.13 bits per heavy atom. The van der Waals surface area contributed by atoms with E-state index in [4.69, 9.17) is 9.47 Å². The fraction of sp³-hybridized carbons (Fsp3) is 0.591. The van der Waals surface area contributed by atoms with Crippen LogP contribution in [0.25, 0.3) is 0 Å². The van der Waals surface area contributed by atoms with E-state index in [1.54, 1.807) is 6.92 Å². The molecule has 0 saturated carbocycles. The number of carbonyl (C=O) groups is 2. The minimum atomic E-state index is -0.320. The van der Waals surface area contributed by atoms with E-state index in [1.165, 1.54) is 0 Å². The summed E-state index contributed by atoms with van der Waals surface area (Å²) in [5.41, 5.74) is 0.485. The van der Waals surface area contributed by atoms with Crippen molar-refractivity contribution >= 4 is 23.5 Å². The Bertz CT molecular complexity index is 694. The zero-order valence-electron chi connectivity index (χ0n) is 19.0. The molecule has 168 valence electrons. The molecule has 0 aliphatic heterocycles. The highest BCUT2D eigenvalue weighted by Gasteiger charge is 2.13. The number of benzene rings is 1. The van der Waals surface area contributed by atoms with Crippen LogP contribution in [0.5, 0.6) is 5.75 Å². The lowest BCUT2D eigenvalue weighted by Gasteiger charge is -2.20. The Morgan fingerprint density at radius 2 is 1.80 bits per heavy atom. The Kier molecular flexibility index (Phi) is 10.7. The molecule has 3 N–H and O–H groups in total. The molecule has 8 heteroatoms. The SMILES string of the molecule is CCOC(=O)CCCNC(=NCC(=O)NC(C)(C)C)Nc1ccc(OC(C)C)cc1. The largest absolute Gasteiger partial charge is 0.491 e. The molecule has 0 bridgehead atoms. The topological polar surface area (TPSA) is 101 Å². The molecule has 0 aromatic heterocycles. The van der Waals surface area contributed by atoms with Crippen molar-refractivity contribution in [2.24, 2.45) is 4.99 Å². The van der Waals surface area contributed by atoms with Crippen LogP contribution in [0.4, 0.5) is 5.69 Å². The molecule has 1 amide bonds. The molecule has 0 fully saturated rings. The van der Waals surface area contributed by atoms with Gasteiger partial charge in [0.15, 0.2) is 5.96 Å². The summed E-state index contributed by atoms with van der Waals surface area (Å²) in [6.07, 6.45) is 1.01. The van der Waals surface area contributed by atoms with E-state index in [2.05, 4.69) is 20.9 Å². The van der Waals surface area contributed by atoms with Crippen molar-refractivity contribution in [3.63, 3.8) is 0 Å². The molecule has 0 aliphatic rings. The number of carbonyl (C=O) groups excluding carboxylic acids is 2. The second-order valence-corrected chi connectivity index (χ2v) is 8.11. The van der Waals surface area contributed by atoms with Gasteiger partial charge in [-0.1, -0.05) is 0 Å². The van der Waals surface area contributed by atoms with Gasteiger partial charge < -0.3 is 25.4 Å². The third-order valence-electron chi connectivity index (χ3n) is 3.54. The predicted octanol–water partition coefficient (Wildman–Crippen LogP) is 3.09. The first kappa shape index (κ1) is 25.3. The molecule has 0 aliphatic carbocycles. The smallest absolute Gasteiger partial charge is 0.305 e. The van der Waals surface area contributed by atoms with Crippen molar-refractivity contribution in [2.45, 2.75) is 66.0 Å². The van der Waals surface area contributed by atoms with E-state index in [9.17, 15) is 9.59 Å². The first-order valence-electron chi connectivity index (χ1n) is 10.4. The Morgan fingerprint density at radius 3 is 2.37 bits per heavy atom. The third kappa shape index (κ3) is 11.9. The fourth-order valence-electron chi connectivity index (χ4n) is 2.45. The zero-order valence-corrected chi connectivity index (χ0v) is 19.0. The third-order valence-corrected chi connectivity index (χ3v) is 3.54. The highest BCUT2D eigenvalue weighted by molar-refractivity contribution is 5.95. The first-order chi connectivity index (χ1) is 14.1. The van der Waals surface area contributed by atoms with Gasteiger partial charge in [-0.25, -0.2) is 4.99 Å². The summed E-state index contributed by atoms with van der Waals surface area (Å²) in [6.45, 7) is 12.4. The molecule has 0 unspecified atom stereocenters. The van der Waals surface area contributed by atoms with E-state index < -0.39 is 0 Å². The van der Waals surface area contributed by atoms with Crippen LogP contribution in [-0.2, 0) is 14.3 Å². The van der Waals surface area contributed by atoms with Crippen molar-refractivity contribution in [1.29, 1.82) is 0 Å². The molecule has 0 saturated heterocycles. The lowest BCUT2D eigenvalue weighted by molar-refractivity contribution is -0.143. The lowest BCUT2D eigenvalue weighted by Crippen LogP contribution is -2.42. The van der Waals surface area contributed by atoms with Gasteiger partial charge in [-0.15, -0.1) is 0 Å². The molecular formula is C22H36N4O4. The average Bonchev–Trinajstić information content (AvgIpc) is 2.63. The van der Waals surface area contributed by atoms with Crippen LogP contribution in [0.1, 0.15) is 54.4 Å². The highest BCUT2D eigenvalue weighted by Crippen LogP contribution is 2.16. The summed E-state index contributed by atoms with van der Waals surface area (Å²) in [5, 5.41) is 9.21. The van der Waals surface area contributed by atoms with Crippen molar-refractivity contribution in [2.75, 3.05) is 25.0 Å². The monoisotopic (exact) mass is 420 g/mol. The molecule has 0 spiro atoms. The minimum absolute atomic E-state index is 0.0149. The van der Waals surface area contributed by atoms with Gasteiger partial charge in [0.1, 0.15) is 12.3 Å². The number of guanidine groups is 1. The van der Waals surface area contributed by atoms with Crippen LogP contribution in [-0.4, -0.2) is 49.2 Å². The lowest BCUT2D eigenvalue weighted by atomic mass is 10.1. The number of amides is 1. The van der Waals surface area contributed by atoms with Gasteiger partial charge in [0, 0.05) is 24.2 Å². The number of aliphatic imine (C=N–C) groups is 1. The Labute approximate surface area is 179 Å². The number of hydrogen-bond donors (Lipinski definition) is 3. The summed E-state index contributed by atoms with van der Waals surface area (Å²) in [7, 11) is 0. The Hall–Kier alpha value is -2.77. The van der Waals surface area contributed by atoms with Gasteiger partial charge in [-0.2, -0.15) is 0 Å². The molecule has 1 rings (SSSR count). The van der Waals surface area contributed by atoms with Crippen LogP contribution in [0.2, 0.25) is 0 Å². The van der Waals surface area contributed by atoms with Crippen molar-refractivity contribution in [3.8, 4) is 5.75 Å². The van der Waals surface area contributed by atoms with Crippen molar-refractivity contribution in [3.05, 3.63) is 24.3 Å². The summed E-state index contributed by atoms with van der Waals surface area (Å²) in [6, 6.07) is 7.49. The normalized spacial score (nSPS) is 11.8. The average molecular weight is 421 g/mol. The number of hydrogen-bond acceptors (Lipinski definition) is 5. The van der Waals surface area contributed by atoms with Crippen molar-refractivity contribution in [1.82, 2.24) is 10.6 Å². The zero-order chi connectivity index (χ0) is 22.6. The molecule has 0 radical (unpaired) electrons. The number of nitrogens with one attached hydrogen (secondary N) is 3. The number of ether oxygens (including phenoxy) is 2. The van der Waals surface area contributed by atoms with Gasteiger partial charge in [0.2, 0.25) is 5.91 Å². The summed E-state index contributed by atoms with van der Waals surface area (Å²) in [5.74, 6) is 0.841. The number of nitrogens with zero attached hydrogens (tertiary/aromatic N) is 1. The highest BCUT2D eigenvalue weighted by atomic mass is 16.5. The number of rotatable bonds is 10. The van der Waals surface area contributed by atoms with Gasteiger partial charge in [-0.3, -0.25) is 9.59 Å². The quantitative estimate of drug-likeness (QED) is 0.233. The molecular weight excluding hydrogens is 384 g/mol. The van der Waals surface area contributed by atoms with E-state index in [1.807, 2.05) is 58.9 Å². The van der Waals surface area contributed by atoms with E-state index in [-0.39, 0.29) is 30.1 Å². The van der Waals surface area contributed by atoms with Crippen LogP contribution in [0.3, 0.4) is 0 Å². The molecule has 0 atom stereocenters. The van der Waals surface area contributed by atoms with Crippen molar-refractivity contribution < 1.29 is 19.1 Å². The van der Waals surface area contributed by atoms with E-state index >= 15 is 0 Å². The summed E-state index contributed by atoms with van der Waals surface area (Å²) < 4.78 is 10.6. The van der Waals surface area contributed by atoms with Crippen LogP contribution in [0, 0.1) is 0 Å². The predicted molar refractivity (Wildman–Crippen MR) is 120 cm³/mol. The molecule has 30 heavy (non-hydrogen) atoms. The molecule has 1 aromatic rings.